The molecule has 0 amide bonds. The molecule has 2 heterocycles. The van der Waals surface area contributed by atoms with E-state index in [9.17, 15) is 0 Å². The molecule has 0 aliphatic heterocycles. The molecule has 72 valence electrons. The van der Waals surface area contributed by atoms with Crippen molar-refractivity contribution in [3.05, 3.63) is 41.9 Å². The molecule has 0 bridgehead atoms. The normalized spacial score (nSPS) is 10.4. The molecule has 4 heteroatoms. The number of hydrogen-bond donors (Lipinski definition) is 1. The third kappa shape index (κ3) is 1.74. The fraction of sp³-hybridized carbons (Fsp3) is 0.200. The van der Waals surface area contributed by atoms with Gasteiger partial charge < -0.3 is 5.73 Å². The zero-order chi connectivity index (χ0) is 9.97. The van der Waals surface area contributed by atoms with E-state index in [2.05, 4.69) is 10.1 Å². The summed E-state index contributed by atoms with van der Waals surface area (Å²) in [6.07, 6.45) is 3.50. The summed E-state index contributed by atoms with van der Waals surface area (Å²) in [4.78, 5) is 3.94. The van der Waals surface area contributed by atoms with Gasteiger partial charge in [0.1, 0.15) is 5.82 Å². The van der Waals surface area contributed by atoms with E-state index in [1.807, 2.05) is 29.8 Å². The molecule has 0 saturated carbocycles. The zero-order valence-corrected chi connectivity index (χ0v) is 8.01. The molecule has 0 spiro atoms. The second kappa shape index (κ2) is 3.49. The average Bonchev–Trinajstić information content (AvgIpc) is 2.52. The molecule has 0 aliphatic rings. The topological polar surface area (TPSA) is 56.7 Å². The standard InChI is InChI=1S/C10H12N4/c1-8-2-5-13-14(8)7-9-3-4-12-10(11)6-9/h2-6H,7H2,1H3,(H2,11,12). The maximum absolute atomic E-state index is 5.58. The number of anilines is 1. The first-order chi connectivity index (χ1) is 6.75. The van der Waals surface area contributed by atoms with Gasteiger partial charge in [0.05, 0.1) is 6.54 Å². The van der Waals surface area contributed by atoms with E-state index in [4.69, 9.17) is 5.73 Å². The number of aromatic nitrogens is 3. The fourth-order valence-corrected chi connectivity index (χ4v) is 1.33. The summed E-state index contributed by atoms with van der Waals surface area (Å²) < 4.78 is 1.93. The second-order valence-corrected chi connectivity index (χ2v) is 3.22. The Morgan fingerprint density at radius 3 is 2.86 bits per heavy atom. The van der Waals surface area contributed by atoms with Crippen LogP contribution in [0.25, 0.3) is 0 Å². The lowest BCUT2D eigenvalue weighted by Crippen LogP contribution is -2.04. The molecule has 2 rings (SSSR count). The summed E-state index contributed by atoms with van der Waals surface area (Å²) in [5, 5.41) is 4.20. The highest BCUT2D eigenvalue weighted by Crippen LogP contribution is 2.06. The smallest absolute Gasteiger partial charge is 0.123 e. The molecule has 4 nitrogen and oxygen atoms in total. The van der Waals surface area contributed by atoms with Crippen LogP contribution in [-0.4, -0.2) is 14.8 Å². The van der Waals surface area contributed by atoms with Crippen LogP contribution in [0.3, 0.4) is 0 Å². The van der Waals surface area contributed by atoms with Crippen molar-refractivity contribution in [1.82, 2.24) is 14.8 Å². The first kappa shape index (κ1) is 8.74. The third-order valence-electron chi connectivity index (χ3n) is 2.11. The average molecular weight is 188 g/mol. The van der Waals surface area contributed by atoms with Crippen LogP contribution in [-0.2, 0) is 6.54 Å². The molecular formula is C10H12N4. The lowest BCUT2D eigenvalue weighted by molar-refractivity contribution is 0.665. The van der Waals surface area contributed by atoms with E-state index in [0.29, 0.717) is 5.82 Å². The Balaban J connectivity index is 2.23. The zero-order valence-electron chi connectivity index (χ0n) is 8.01. The predicted molar refractivity (Wildman–Crippen MR) is 54.7 cm³/mol. The van der Waals surface area contributed by atoms with Crippen LogP contribution in [0.5, 0.6) is 0 Å². The summed E-state index contributed by atoms with van der Waals surface area (Å²) in [7, 11) is 0. The maximum atomic E-state index is 5.58. The summed E-state index contributed by atoms with van der Waals surface area (Å²) in [5.41, 5.74) is 7.84. The van der Waals surface area contributed by atoms with Gasteiger partial charge in [0.15, 0.2) is 0 Å². The van der Waals surface area contributed by atoms with Gasteiger partial charge in [-0.25, -0.2) is 4.98 Å². The number of hydrogen-bond acceptors (Lipinski definition) is 3. The largest absolute Gasteiger partial charge is 0.384 e. The van der Waals surface area contributed by atoms with E-state index < -0.39 is 0 Å². The van der Waals surface area contributed by atoms with E-state index in [0.717, 1.165) is 17.8 Å². The van der Waals surface area contributed by atoms with Crippen molar-refractivity contribution >= 4 is 5.82 Å². The van der Waals surface area contributed by atoms with Crippen LogP contribution >= 0.6 is 0 Å². The molecule has 0 radical (unpaired) electrons. The molecule has 2 aromatic heterocycles. The molecule has 0 fully saturated rings. The minimum Gasteiger partial charge on any atom is -0.384 e. The first-order valence-electron chi connectivity index (χ1n) is 4.44. The molecular weight excluding hydrogens is 176 g/mol. The Labute approximate surface area is 82.4 Å². The van der Waals surface area contributed by atoms with Crippen molar-refractivity contribution < 1.29 is 0 Å². The van der Waals surface area contributed by atoms with Crippen molar-refractivity contribution in [2.45, 2.75) is 13.5 Å². The number of aryl methyl sites for hydroxylation is 1. The van der Waals surface area contributed by atoms with Gasteiger partial charge in [-0.3, -0.25) is 4.68 Å². The molecule has 0 unspecified atom stereocenters. The van der Waals surface area contributed by atoms with Crippen LogP contribution < -0.4 is 5.73 Å². The fourth-order valence-electron chi connectivity index (χ4n) is 1.33. The van der Waals surface area contributed by atoms with Crippen molar-refractivity contribution in [2.24, 2.45) is 0 Å². The molecule has 2 aromatic rings. The Bertz CT molecular complexity index is 433. The number of nitrogens with zero attached hydrogens (tertiary/aromatic N) is 3. The van der Waals surface area contributed by atoms with Crippen molar-refractivity contribution in [3.63, 3.8) is 0 Å². The molecule has 0 aromatic carbocycles. The molecule has 0 saturated heterocycles. The van der Waals surface area contributed by atoms with Crippen LogP contribution in [0.2, 0.25) is 0 Å². The molecule has 2 N–H and O–H groups in total. The van der Waals surface area contributed by atoms with Gasteiger partial charge in [0.2, 0.25) is 0 Å². The Kier molecular flexibility index (Phi) is 2.18. The summed E-state index contributed by atoms with van der Waals surface area (Å²) in [5.74, 6) is 0.548. The van der Waals surface area contributed by atoms with Gasteiger partial charge in [0, 0.05) is 18.1 Å². The van der Waals surface area contributed by atoms with E-state index in [-0.39, 0.29) is 0 Å². The van der Waals surface area contributed by atoms with Crippen molar-refractivity contribution in [2.75, 3.05) is 5.73 Å². The van der Waals surface area contributed by atoms with Crippen molar-refractivity contribution in [3.8, 4) is 0 Å². The first-order valence-corrected chi connectivity index (χ1v) is 4.44. The van der Waals surface area contributed by atoms with Gasteiger partial charge in [-0.15, -0.1) is 0 Å². The quantitative estimate of drug-likeness (QED) is 0.770. The van der Waals surface area contributed by atoms with Gasteiger partial charge in [0.25, 0.3) is 0 Å². The highest BCUT2D eigenvalue weighted by atomic mass is 15.3. The minimum absolute atomic E-state index is 0.548. The summed E-state index contributed by atoms with van der Waals surface area (Å²) >= 11 is 0. The predicted octanol–water partition coefficient (Wildman–Crippen LogP) is 1.22. The van der Waals surface area contributed by atoms with Crippen molar-refractivity contribution in [1.29, 1.82) is 0 Å². The number of pyridine rings is 1. The van der Waals surface area contributed by atoms with Crippen LogP contribution in [0.1, 0.15) is 11.3 Å². The summed E-state index contributed by atoms with van der Waals surface area (Å²) in [6.45, 7) is 2.77. The highest BCUT2D eigenvalue weighted by Gasteiger charge is 1.99. The van der Waals surface area contributed by atoms with E-state index in [1.54, 1.807) is 12.4 Å². The Morgan fingerprint density at radius 1 is 1.36 bits per heavy atom. The lowest BCUT2D eigenvalue weighted by atomic mass is 10.2. The third-order valence-corrected chi connectivity index (χ3v) is 2.11. The van der Waals surface area contributed by atoms with E-state index in [1.165, 1.54) is 0 Å². The highest BCUT2D eigenvalue weighted by molar-refractivity contribution is 5.31. The van der Waals surface area contributed by atoms with Gasteiger partial charge in [-0.1, -0.05) is 0 Å². The molecule has 0 aliphatic carbocycles. The maximum Gasteiger partial charge on any atom is 0.123 e. The minimum atomic E-state index is 0.548. The van der Waals surface area contributed by atoms with Gasteiger partial charge >= 0.3 is 0 Å². The SMILES string of the molecule is Cc1ccnn1Cc1ccnc(N)c1. The monoisotopic (exact) mass is 188 g/mol. The number of nitrogen functional groups attached to an aromatic ring is 1. The second-order valence-electron chi connectivity index (χ2n) is 3.22. The van der Waals surface area contributed by atoms with Crippen LogP contribution in [0, 0.1) is 6.92 Å². The van der Waals surface area contributed by atoms with E-state index >= 15 is 0 Å². The van der Waals surface area contributed by atoms with Crippen LogP contribution in [0.4, 0.5) is 5.82 Å². The summed E-state index contributed by atoms with van der Waals surface area (Å²) in [6, 6.07) is 5.78. The lowest BCUT2D eigenvalue weighted by Gasteiger charge is -2.04. The van der Waals surface area contributed by atoms with Gasteiger partial charge in [-0.2, -0.15) is 5.10 Å². The number of nitrogens with two attached hydrogens (primary N) is 1. The number of rotatable bonds is 2. The Morgan fingerprint density at radius 2 is 2.21 bits per heavy atom. The molecule has 0 atom stereocenters. The van der Waals surface area contributed by atoms with Gasteiger partial charge in [-0.05, 0) is 30.7 Å². The van der Waals surface area contributed by atoms with Crippen LogP contribution in [0.15, 0.2) is 30.6 Å². The Hall–Kier alpha value is -1.84. The molecule has 14 heavy (non-hydrogen) atoms.